The van der Waals surface area contributed by atoms with Crippen molar-refractivity contribution in [2.45, 2.75) is 0 Å². The van der Waals surface area contributed by atoms with E-state index in [9.17, 15) is 0 Å². The Hall–Kier alpha value is -1.86. The molecular weight excluding hydrogens is 208 g/mol. The maximum atomic E-state index is 5.13. The molecule has 0 radical (unpaired) electrons. The minimum atomic E-state index is 0.792. The SMILES string of the molecule is C(=C1COC1)c1ccc(-c2ccccc2)cc1. The van der Waals surface area contributed by atoms with Crippen molar-refractivity contribution >= 4 is 6.08 Å². The number of benzene rings is 2. The molecule has 0 spiro atoms. The Balaban J connectivity index is 1.85. The summed E-state index contributed by atoms with van der Waals surface area (Å²) in [6.07, 6.45) is 2.21. The molecule has 0 N–H and O–H groups in total. The van der Waals surface area contributed by atoms with Gasteiger partial charge in [0.05, 0.1) is 13.2 Å². The van der Waals surface area contributed by atoms with Gasteiger partial charge in [-0.15, -0.1) is 0 Å². The van der Waals surface area contributed by atoms with E-state index in [4.69, 9.17) is 4.74 Å². The lowest BCUT2D eigenvalue weighted by molar-refractivity contribution is 0.105. The van der Waals surface area contributed by atoms with Crippen LogP contribution in [-0.2, 0) is 4.74 Å². The van der Waals surface area contributed by atoms with Crippen LogP contribution < -0.4 is 0 Å². The summed E-state index contributed by atoms with van der Waals surface area (Å²) in [6.45, 7) is 1.58. The third-order valence-electron chi connectivity index (χ3n) is 2.96. The van der Waals surface area contributed by atoms with Crippen molar-refractivity contribution < 1.29 is 4.74 Å². The smallest absolute Gasteiger partial charge is 0.0706 e. The van der Waals surface area contributed by atoms with Crippen LogP contribution in [0.2, 0.25) is 0 Å². The average Bonchev–Trinajstić information content (AvgIpc) is 2.36. The number of hydrogen-bond donors (Lipinski definition) is 0. The molecule has 1 aliphatic rings. The van der Waals surface area contributed by atoms with Gasteiger partial charge in [-0.1, -0.05) is 60.7 Å². The van der Waals surface area contributed by atoms with Crippen LogP contribution in [0, 0.1) is 0 Å². The molecule has 0 saturated carbocycles. The van der Waals surface area contributed by atoms with Crippen molar-refractivity contribution in [2.75, 3.05) is 13.2 Å². The molecule has 1 fully saturated rings. The van der Waals surface area contributed by atoms with E-state index in [1.54, 1.807) is 0 Å². The molecule has 17 heavy (non-hydrogen) atoms. The van der Waals surface area contributed by atoms with Crippen molar-refractivity contribution in [3.63, 3.8) is 0 Å². The molecule has 1 heterocycles. The Morgan fingerprint density at radius 2 is 1.41 bits per heavy atom. The van der Waals surface area contributed by atoms with E-state index >= 15 is 0 Å². The highest BCUT2D eigenvalue weighted by molar-refractivity contribution is 5.66. The zero-order chi connectivity index (χ0) is 11.5. The Labute approximate surface area is 101 Å². The lowest BCUT2D eigenvalue weighted by Gasteiger charge is -2.17. The molecule has 1 nitrogen and oxygen atoms in total. The molecule has 0 bridgehead atoms. The Morgan fingerprint density at radius 1 is 0.765 bits per heavy atom. The first-order valence-electron chi connectivity index (χ1n) is 5.84. The second-order valence-electron chi connectivity index (χ2n) is 4.28. The van der Waals surface area contributed by atoms with Crippen molar-refractivity contribution in [1.82, 2.24) is 0 Å². The lowest BCUT2D eigenvalue weighted by atomic mass is 10.0. The fourth-order valence-electron chi connectivity index (χ4n) is 1.94. The van der Waals surface area contributed by atoms with Crippen LogP contribution in [-0.4, -0.2) is 13.2 Å². The van der Waals surface area contributed by atoms with Gasteiger partial charge in [0.15, 0.2) is 0 Å². The standard InChI is InChI=1S/C16H14O/c1-2-4-15(5-3-1)16-8-6-13(7-9-16)10-14-11-17-12-14/h1-10H,11-12H2. The molecule has 1 heteroatoms. The molecular formula is C16H14O. The molecule has 84 valence electrons. The summed E-state index contributed by atoms with van der Waals surface area (Å²) in [4.78, 5) is 0. The van der Waals surface area contributed by atoms with Crippen LogP contribution in [0.4, 0.5) is 0 Å². The summed E-state index contributed by atoms with van der Waals surface area (Å²) >= 11 is 0. The molecule has 2 aromatic rings. The maximum absolute atomic E-state index is 5.13. The normalized spacial score (nSPS) is 14.2. The van der Waals surface area contributed by atoms with Gasteiger partial charge in [-0.3, -0.25) is 0 Å². The van der Waals surface area contributed by atoms with E-state index in [-0.39, 0.29) is 0 Å². The molecule has 1 saturated heterocycles. The van der Waals surface area contributed by atoms with Crippen LogP contribution >= 0.6 is 0 Å². The van der Waals surface area contributed by atoms with Gasteiger partial charge in [0.1, 0.15) is 0 Å². The molecule has 0 unspecified atom stereocenters. The van der Waals surface area contributed by atoms with Crippen molar-refractivity contribution in [2.24, 2.45) is 0 Å². The van der Waals surface area contributed by atoms with Crippen molar-refractivity contribution in [3.05, 3.63) is 65.7 Å². The quantitative estimate of drug-likeness (QED) is 0.751. The van der Waals surface area contributed by atoms with E-state index in [1.807, 2.05) is 6.07 Å². The van der Waals surface area contributed by atoms with Crippen molar-refractivity contribution in [1.29, 1.82) is 0 Å². The highest BCUT2D eigenvalue weighted by Crippen LogP contribution is 2.21. The third kappa shape index (κ3) is 2.29. The fraction of sp³-hybridized carbons (Fsp3) is 0.125. The van der Waals surface area contributed by atoms with E-state index in [0.717, 1.165) is 13.2 Å². The summed E-state index contributed by atoms with van der Waals surface area (Å²) < 4.78 is 5.13. The van der Waals surface area contributed by atoms with Gasteiger partial charge >= 0.3 is 0 Å². The van der Waals surface area contributed by atoms with Gasteiger partial charge in [0.2, 0.25) is 0 Å². The van der Waals surface area contributed by atoms with E-state index in [0.29, 0.717) is 0 Å². The number of ether oxygens (including phenoxy) is 1. The summed E-state index contributed by atoms with van der Waals surface area (Å²) in [5.74, 6) is 0. The van der Waals surface area contributed by atoms with Gasteiger partial charge in [-0.2, -0.15) is 0 Å². The minimum absolute atomic E-state index is 0.792. The highest BCUT2D eigenvalue weighted by atomic mass is 16.5. The van der Waals surface area contributed by atoms with Gasteiger partial charge in [-0.25, -0.2) is 0 Å². The first-order chi connectivity index (χ1) is 8.42. The number of hydrogen-bond acceptors (Lipinski definition) is 1. The van der Waals surface area contributed by atoms with Crippen LogP contribution in [0.3, 0.4) is 0 Å². The predicted octanol–water partition coefficient (Wildman–Crippen LogP) is 3.77. The maximum Gasteiger partial charge on any atom is 0.0706 e. The third-order valence-corrected chi connectivity index (χ3v) is 2.96. The van der Waals surface area contributed by atoms with Crippen LogP contribution in [0.15, 0.2) is 60.2 Å². The summed E-state index contributed by atoms with van der Waals surface area (Å²) in [5, 5.41) is 0. The molecule has 1 aliphatic heterocycles. The van der Waals surface area contributed by atoms with E-state index in [2.05, 4.69) is 54.6 Å². The van der Waals surface area contributed by atoms with Crippen molar-refractivity contribution in [3.8, 4) is 11.1 Å². The first kappa shape index (κ1) is 10.3. The molecule has 0 amide bonds. The topological polar surface area (TPSA) is 9.23 Å². The minimum Gasteiger partial charge on any atom is -0.373 e. The predicted molar refractivity (Wildman–Crippen MR) is 70.7 cm³/mol. The Bertz CT molecular complexity index is 517. The second kappa shape index (κ2) is 4.56. The molecule has 0 atom stereocenters. The zero-order valence-electron chi connectivity index (χ0n) is 9.60. The Morgan fingerprint density at radius 3 is 2.00 bits per heavy atom. The van der Waals surface area contributed by atoms with Gasteiger partial charge in [-0.05, 0) is 22.3 Å². The molecule has 2 aromatic carbocycles. The van der Waals surface area contributed by atoms with Gasteiger partial charge in [0, 0.05) is 0 Å². The van der Waals surface area contributed by atoms with Gasteiger partial charge in [0.25, 0.3) is 0 Å². The Kier molecular flexibility index (Phi) is 2.76. The van der Waals surface area contributed by atoms with Crippen LogP contribution in [0.5, 0.6) is 0 Å². The molecule has 0 aromatic heterocycles. The van der Waals surface area contributed by atoms with Crippen LogP contribution in [0.25, 0.3) is 17.2 Å². The summed E-state index contributed by atoms with van der Waals surface area (Å²) in [7, 11) is 0. The average molecular weight is 222 g/mol. The van der Waals surface area contributed by atoms with Crippen LogP contribution in [0.1, 0.15) is 5.56 Å². The largest absolute Gasteiger partial charge is 0.373 e. The monoisotopic (exact) mass is 222 g/mol. The van der Waals surface area contributed by atoms with Gasteiger partial charge < -0.3 is 4.74 Å². The fourth-order valence-corrected chi connectivity index (χ4v) is 1.94. The summed E-state index contributed by atoms with van der Waals surface area (Å²) in [5.41, 5.74) is 5.15. The highest BCUT2D eigenvalue weighted by Gasteiger charge is 2.07. The van der Waals surface area contributed by atoms with E-state index < -0.39 is 0 Å². The number of rotatable bonds is 2. The second-order valence-corrected chi connectivity index (χ2v) is 4.28. The first-order valence-corrected chi connectivity index (χ1v) is 5.84. The lowest BCUT2D eigenvalue weighted by Crippen LogP contribution is -2.15. The molecule has 0 aliphatic carbocycles. The zero-order valence-corrected chi connectivity index (χ0v) is 9.60. The summed E-state index contributed by atoms with van der Waals surface area (Å²) in [6, 6.07) is 19.1. The molecule has 3 rings (SSSR count). The van der Waals surface area contributed by atoms with E-state index in [1.165, 1.54) is 22.3 Å².